The Labute approximate surface area is 290 Å². The van der Waals surface area contributed by atoms with Crippen LogP contribution in [0.2, 0.25) is 0 Å². The molecule has 0 bridgehead atoms. The molecule has 266 valence electrons. The van der Waals surface area contributed by atoms with E-state index in [1.807, 2.05) is 48.5 Å². The van der Waals surface area contributed by atoms with Crippen LogP contribution in [0.15, 0.2) is 66.7 Å². The molecule has 0 fully saturated rings. The molecule has 0 unspecified atom stereocenters. The van der Waals surface area contributed by atoms with Crippen molar-refractivity contribution in [3.8, 4) is 28.7 Å². The van der Waals surface area contributed by atoms with E-state index in [0.29, 0.717) is 30.5 Å². The third-order valence-corrected chi connectivity index (χ3v) is 8.09. The van der Waals surface area contributed by atoms with Gasteiger partial charge in [0.05, 0.1) is 48.8 Å². The van der Waals surface area contributed by atoms with Crippen molar-refractivity contribution < 1.29 is 42.7 Å². The second kappa shape index (κ2) is 21.3. The third kappa shape index (κ3) is 12.7. The number of carbonyl (C=O) groups excluding carboxylic acids is 2. The van der Waals surface area contributed by atoms with E-state index in [1.165, 1.54) is 6.08 Å². The van der Waals surface area contributed by atoms with E-state index in [0.717, 1.165) is 79.8 Å². The van der Waals surface area contributed by atoms with Gasteiger partial charge in [0.15, 0.2) is 11.5 Å². The summed E-state index contributed by atoms with van der Waals surface area (Å²) in [4.78, 5) is 27.7. The highest BCUT2D eigenvalue weighted by Crippen LogP contribution is 2.38. The maximum Gasteiger partial charge on any atom is 0.330 e. The first-order valence-electron chi connectivity index (χ1n) is 16.6. The second-order valence-electron chi connectivity index (χ2n) is 11.5. The number of benzene rings is 3. The van der Waals surface area contributed by atoms with Gasteiger partial charge in [-0.25, -0.2) is 4.79 Å². The Morgan fingerprint density at radius 1 is 0.633 bits per heavy atom. The summed E-state index contributed by atoms with van der Waals surface area (Å²) in [6.45, 7) is 2.69. The highest BCUT2D eigenvalue weighted by Gasteiger charge is 2.24. The van der Waals surface area contributed by atoms with Crippen LogP contribution in [0.1, 0.15) is 61.1 Å². The Morgan fingerprint density at radius 3 is 1.57 bits per heavy atom. The normalized spacial score (nSPS) is 11.1. The van der Waals surface area contributed by atoms with E-state index >= 15 is 0 Å². The summed E-state index contributed by atoms with van der Waals surface area (Å²) < 4.78 is 37.7. The molecule has 0 aliphatic rings. The van der Waals surface area contributed by atoms with Crippen LogP contribution in [0.5, 0.6) is 28.7 Å². The van der Waals surface area contributed by atoms with Crippen LogP contribution < -0.4 is 23.7 Å². The summed E-state index contributed by atoms with van der Waals surface area (Å²) >= 11 is 0. The Balaban J connectivity index is 1.29. The molecule has 49 heavy (non-hydrogen) atoms. The van der Waals surface area contributed by atoms with Gasteiger partial charge in [-0.05, 0) is 118 Å². The molecule has 0 N–H and O–H groups in total. The van der Waals surface area contributed by atoms with Gasteiger partial charge in [-0.15, -0.1) is 0 Å². The van der Waals surface area contributed by atoms with Crippen LogP contribution in [-0.4, -0.2) is 85.7 Å². The molecule has 0 atom stereocenters. The largest absolute Gasteiger partial charge is 0.497 e. The number of hydrogen-bond donors (Lipinski definition) is 0. The molecule has 0 aliphatic carbocycles. The lowest BCUT2D eigenvalue weighted by molar-refractivity contribution is -0.144. The lowest BCUT2D eigenvalue weighted by atomic mass is 9.91. The fourth-order valence-corrected chi connectivity index (χ4v) is 5.33. The lowest BCUT2D eigenvalue weighted by Gasteiger charge is -2.18. The van der Waals surface area contributed by atoms with E-state index in [1.54, 1.807) is 53.8 Å². The fourth-order valence-electron chi connectivity index (χ4n) is 5.33. The van der Waals surface area contributed by atoms with Gasteiger partial charge >= 0.3 is 11.9 Å². The predicted octanol–water partition coefficient (Wildman–Crippen LogP) is 6.93. The van der Waals surface area contributed by atoms with Crippen molar-refractivity contribution in [3.63, 3.8) is 0 Å². The van der Waals surface area contributed by atoms with Gasteiger partial charge in [-0.1, -0.05) is 24.3 Å². The summed E-state index contributed by atoms with van der Waals surface area (Å²) in [7, 11) is 9.98. The zero-order valence-electron chi connectivity index (χ0n) is 29.7. The molecule has 0 amide bonds. The van der Waals surface area contributed by atoms with E-state index in [9.17, 15) is 9.59 Å². The summed E-state index contributed by atoms with van der Waals surface area (Å²) in [6, 6.07) is 18.5. The van der Waals surface area contributed by atoms with Crippen molar-refractivity contribution in [1.82, 2.24) is 4.90 Å². The highest BCUT2D eigenvalue weighted by atomic mass is 16.5. The maximum absolute atomic E-state index is 13.2. The maximum atomic E-state index is 13.2. The second-order valence-corrected chi connectivity index (χ2v) is 11.5. The molecular formula is C39H51NO9. The zero-order valence-corrected chi connectivity index (χ0v) is 29.7. The smallest absolute Gasteiger partial charge is 0.330 e. The van der Waals surface area contributed by atoms with E-state index in [2.05, 4.69) is 11.9 Å². The molecule has 10 heteroatoms. The highest BCUT2D eigenvalue weighted by molar-refractivity contribution is 5.87. The minimum absolute atomic E-state index is 0.271. The van der Waals surface area contributed by atoms with Crippen LogP contribution in [0, 0.1) is 0 Å². The number of ether oxygens (including phenoxy) is 7. The molecule has 0 aromatic heterocycles. The van der Waals surface area contributed by atoms with Crippen molar-refractivity contribution in [3.05, 3.63) is 83.4 Å². The summed E-state index contributed by atoms with van der Waals surface area (Å²) in [6.07, 6.45) is 8.63. The van der Waals surface area contributed by atoms with Gasteiger partial charge in [-0.3, -0.25) is 4.79 Å². The molecule has 0 spiro atoms. The predicted molar refractivity (Wildman–Crippen MR) is 190 cm³/mol. The molecule has 3 rings (SSSR count). The molecule has 0 saturated heterocycles. The monoisotopic (exact) mass is 677 g/mol. The summed E-state index contributed by atoms with van der Waals surface area (Å²) in [5.74, 6) is 1.79. The average Bonchev–Trinajstić information content (AvgIpc) is 3.13. The van der Waals surface area contributed by atoms with Crippen molar-refractivity contribution in [1.29, 1.82) is 0 Å². The first-order valence-corrected chi connectivity index (χ1v) is 16.6. The van der Waals surface area contributed by atoms with Crippen LogP contribution in [0.25, 0.3) is 6.08 Å². The molecule has 10 nitrogen and oxygen atoms in total. The molecule has 0 aliphatic heterocycles. The first-order chi connectivity index (χ1) is 23.8. The minimum atomic E-state index is -0.531. The summed E-state index contributed by atoms with van der Waals surface area (Å²) in [5, 5.41) is 0. The first kappa shape index (κ1) is 38.7. The van der Waals surface area contributed by atoms with Gasteiger partial charge in [-0.2, -0.15) is 0 Å². The SMILES string of the molecule is COc1ccc(C(C(=O)OCCCCCN(C)CCCCCOC(=O)/C=C/c2cc(OC)c(OC)c(OC)c2)c2ccc(OC)cc2)cc1. The number of nitrogens with zero attached hydrogens (tertiary/aromatic N) is 1. The van der Waals surface area contributed by atoms with Gasteiger partial charge in [0, 0.05) is 6.08 Å². The van der Waals surface area contributed by atoms with Gasteiger partial charge in [0.25, 0.3) is 0 Å². The van der Waals surface area contributed by atoms with Crippen LogP contribution in [-0.2, 0) is 19.1 Å². The molecular weight excluding hydrogens is 626 g/mol. The topological polar surface area (TPSA) is 102 Å². The lowest BCUT2D eigenvalue weighted by Crippen LogP contribution is -2.21. The van der Waals surface area contributed by atoms with Crippen LogP contribution in [0.3, 0.4) is 0 Å². The minimum Gasteiger partial charge on any atom is -0.497 e. The Morgan fingerprint density at radius 2 is 1.12 bits per heavy atom. The Hall–Kier alpha value is -4.70. The fraction of sp³-hybridized carbons (Fsp3) is 0.436. The zero-order chi connectivity index (χ0) is 35.4. The number of carbonyl (C=O) groups is 2. The third-order valence-electron chi connectivity index (χ3n) is 8.09. The van der Waals surface area contributed by atoms with E-state index in [4.69, 9.17) is 33.2 Å². The van der Waals surface area contributed by atoms with Gasteiger partial charge < -0.3 is 38.1 Å². The number of methoxy groups -OCH3 is 5. The van der Waals surface area contributed by atoms with Crippen molar-refractivity contribution in [2.75, 3.05) is 68.9 Å². The van der Waals surface area contributed by atoms with Crippen molar-refractivity contribution in [2.45, 2.75) is 44.4 Å². The number of unbranched alkanes of at least 4 members (excludes halogenated alkanes) is 4. The van der Waals surface area contributed by atoms with Gasteiger partial charge in [0.1, 0.15) is 17.4 Å². The quantitative estimate of drug-likeness (QED) is 0.0632. The molecule has 3 aromatic carbocycles. The standard InChI is InChI=1S/C39H51NO9/c1-40(23-9-7-11-25-48-36(41)22-13-29-27-34(45-4)38(47-6)35(28-29)46-5)24-10-8-12-26-49-39(42)37(30-14-18-32(43-2)19-15-30)31-16-20-33(44-3)21-17-31/h13-22,27-28,37H,7-12,23-26H2,1-6H3/b22-13+. The van der Waals surface area contributed by atoms with E-state index < -0.39 is 11.9 Å². The number of rotatable bonds is 22. The molecule has 0 heterocycles. The molecule has 0 saturated carbocycles. The van der Waals surface area contributed by atoms with Crippen molar-refractivity contribution >= 4 is 18.0 Å². The Bertz CT molecular complexity index is 1380. The number of hydrogen-bond acceptors (Lipinski definition) is 10. The van der Waals surface area contributed by atoms with Gasteiger partial charge in [0.2, 0.25) is 5.75 Å². The van der Waals surface area contributed by atoms with Crippen molar-refractivity contribution in [2.24, 2.45) is 0 Å². The van der Waals surface area contributed by atoms with Crippen LogP contribution >= 0.6 is 0 Å². The average molecular weight is 678 g/mol. The van der Waals surface area contributed by atoms with Crippen LogP contribution in [0.4, 0.5) is 0 Å². The molecule has 0 radical (unpaired) electrons. The number of esters is 2. The Kier molecular flexibility index (Phi) is 16.8. The molecule has 3 aromatic rings. The van der Waals surface area contributed by atoms with E-state index in [-0.39, 0.29) is 5.97 Å². The summed E-state index contributed by atoms with van der Waals surface area (Å²) in [5.41, 5.74) is 2.43.